The predicted octanol–water partition coefficient (Wildman–Crippen LogP) is 3.62. The summed E-state index contributed by atoms with van der Waals surface area (Å²) in [5.74, 6) is -0.180. The number of carbonyl (C=O) groups excluding carboxylic acids is 1. The van der Waals surface area contributed by atoms with Crippen LogP contribution in [0.5, 0.6) is 0 Å². The monoisotopic (exact) mass is 316 g/mol. The van der Waals surface area contributed by atoms with Gasteiger partial charge in [-0.05, 0) is 39.7 Å². The number of aryl methyl sites for hydroxylation is 1. The third kappa shape index (κ3) is 3.72. The molecule has 1 aromatic carbocycles. The number of aromatic nitrogens is 2. The highest BCUT2D eigenvalue weighted by atomic mass is 16.6. The minimum atomic E-state index is -0.449. The lowest BCUT2D eigenvalue weighted by molar-refractivity contribution is -0.155. The van der Waals surface area contributed by atoms with Crippen LogP contribution in [0.15, 0.2) is 24.3 Å². The van der Waals surface area contributed by atoms with E-state index in [-0.39, 0.29) is 12.1 Å². The molecular weight excluding hydrogens is 292 g/mol. The fraction of sp³-hybridized carbons (Fsp3) is 0.556. The number of ether oxygens (including phenoxy) is 2. The fourth-order valence-corrected chi connectivity index (χ4v) is 2.99. The first kappa shape index (κ1) is 16.0. The number of hydrogen-bond donors (Lipinski definition) is 0. The third-order valence-corrected chi connectivity index (χ3v) is 3.86. The van der Waals surface area contributed by atoms with Crippen LogP contribution < -0.4 is 0 Å². The van der Waals surface area contributed by atoms with E-state index >= 15 is 0 Å². The molecule has 0 radical (unpaired) electrons. The molecule has 1 aliphatic heterocycles. The highest BCUT2D eigenvalue weighted by Gasteiger charge is 2.25. The Hall–Kier alpha value is -1.88. The summed E-state index contributed by atoms with van der Waals surface area (Å²) in [5.41, 5.74) is 1.62. The highest BCUT2D eigenvalue weighted by molar-refractivity contribution is 5.82. The zero-order chi connectivity index (χ0) is 16.4. The Labute approximate surface area is 136 Å². The zero-order valence-electron chi connectivity index (χ0n) is 14.0. The van der Waals surface area contributed by atoms with Crippen molar-refractivity contribution in [3.63, 3.8) is 0 Å². The SMILES string of the molecule is CC(C)(C)OC(=O)CCC1OCCCn2nc3ccccc3c21. The molecule has 0 fully saturated rings. The molecule has 0 amide bonds. The van der Waals surface area contributed by atoms with E-state index in [1.165, 1.54) is 0 Å². The van der Waals surface area contributed by atoms with E-state index in [1.807, 2.05) is 43.7 Å². The van der Waals surface area contributed by atoms with Gasteiger partial charge in [0, 0.05) is 25.0 Å². The average Bonchev–Trinajstić information content (AvgIpc) is 2.71. The second-order valence-electron chi connectivity index (χ2n) is 6.96. The van der Waals surface area contributed by atoms with Gasteiger partial charge < -0.3 is 9.47 Å². The number of benzene rings is 1. The lowest BCUT2D eigenvalue weighted by Gasteiger charge is -2.21. The maximum Gasteiger partial charge on any atom is 0.306 e. The first-order chi connectivity index (χ1) is 10.9. The van der Waals surface area contributed by atoms with Gasteiger partial charge in [-0.1, -0.05) is 18.2 Å². The molecule has 0 bridgehead atoms. The molecule has 2 heterocycles. The Morgan fingerprint density at radius 3 is 2.96 bits per heavy atom. The van der Waals surface area contributed by atoms with E-state index in [0.717, 1.165) is 29.6 Å². The number of esters is 1. The molecular formula is C18H24N2O3. The minimum absolute atomic E-state index is 0.114. The topological polar surface area (TPSA) is 53.4 Å². The van der Waals surface area contributed by atoms with E-state index < -0.39 is 5.60 Å². The Bertz CT molecular complexity index is 700. The zero-order valence-corrected chi connectivity index (χ0v) is 14.0. The molecule has 1 aromatic heterocycles. The summed E-state index contributed by atoms with van der Waals surface area (Å²) in [6, 6.07) is 8.09. The van der Waals surface area contributed by atoms with E-state index in [2.05, 4.69) is 11.2 Å². The Kier molecular flexibility index (Phi) is 4.39. The van der Waals surface area contributed by atoms with Crippen LogP contribution in [0.3, 0.4) is 0 Å². The van der Waals surface area contributed by atoms with Crippen LogP contribution in [-0.4, -0.2) is 28.0 Å². The summed E-state index contributed by atoms with van der Waals surface area (Å²) < 4.78 is 13.4. The van der Waals surface area contributed by atoms with Crippen molar-refractivity contribution in [2.24, 2.45) is 0 Å². The van der Waals surface area contributed by atoms with Crippen molar-refractivity contribution in [2.45, 2.75) is 58.3 Å². The summed E-state index contributed by atoms with van der Waals surface area (Å²) >= 11 is 0. The molecule has 0 saturated carbocycles. The van der Waals surface area contributed by atoms with Crippen molar-refractivity contribution in [1.82, 2.24) is 9.78 Å². The molecule has 0 spiro atoms. The van der Waals surface area contributed by atoms with Gasteiger partial charge in [0.2, 0.25) is 0 Å². The maximum atomic E-state index is 12.0. The van der Waals surface area contributed by atoms with Gasteiger partial charge in [-0.15, -0.1) is 0 Å². The summed E-state index contributed by atoms with van der Waals surface area (Å²) in [6.45, 7) is 7.20. The van der Waals surface area contributed by atoms with Crippen LogP contribution in [0.2, 0.25) is 0 Å². The molecule has 1 atom stereocenters. The number of rotatable bonds is 3. The summed E-state index contributed by atoms with van der Waals surface area (Å²) in [7, 11) is 0. The van der Waals surface area contributed by atoms with Crippen LogP contribution in [-0.2, 0) is 20.8 Å². The summed E-state index contributed by atoms with van der Waals surface area (Å²) in [4.78, 5) is 12.0. The van der Waals surface area contributed by atoms with Crippen molar-refractivity contribution in [1.29, 1.82) is 0 Å². The number of fused-ring (bicyclic) bond motifs is 3. The quantitative estimate of drug-likeness (QED) is 0.812. The Morgan fingerprint density at radius 2 is 2.17 bits per heavy atom. The second kappa shape index (κ2) is 6.32. The number of nitrogens with zero attached hydrogens (tertiary/aromatic N) is 2. The maximum absolute atomic E-state index is 12.0. The molecule has 124 valence electrons. The largest absolute Gasteiger partial charge is 0.460 e. The third-order valence-electron chi connectivity index (χ3n) is 3.86. The second-order valence-corrected chi connectivity index (χ2v) is 6.96. The summed E-state index contributed by atoms with van der Waals surface area (Å²) in [6.07, 6.45) is 1.79. The van der Waals surface area contributed by atoms with Crippen LogP contribution in [0.4, 0.5) is 0 Å². The number of hydrogen-bond acceptors (Lipinski definition) is 4. The van der Waals surface area contributed by atoms with Gasteiger partial charge in [-0.3, -0.25) is 9.48 Å². The molecule has 2 aromatic rings. The fourth-order valence-electron chi connectivity index (χ4n) is 2.99. The Morgan fingerprint density at radius 1 is 1.39 bits per heavy atom. The average molecular weight is 316 g/mol. The first-order valence-corrected chi connectivity index (χ1v) is 8.23. The molecule has 1 aliphatic rings. The Balaban J connectivity index is 1.80. The van der Waals surface area contributed by atoms with E-state index in [0.29, 0.717) is 19.4 Å². The molecule has 0 N–H and O–H groups in total. The van der Waals surface area contributed by atoms with Gasteiger partial charge in [-0.2, -0.15) is 5.10 Å². The van der Waals surface area contributed by atoms with Gasteiger partial charge in [0.15, 0.2) is 0 Å². The van der Waals surface area contributed by atoms with Crippen molar-refractivity contribution < 1.29 is 14.3 Å². The number of carbonyl (C=O) groups is 1. The van der Waals surface area contributed by atoms with Gasteiger partial charge in [-0.25, -0.2) is 0 Å². The van der Waals surface area contributed by atoms with Gasteiger partial charge in [0.25, 0.3) is 0 Å². The minimum Gasteiger partial charge on any atom is -0.460 e. The standard InChI is InChI=1S/C18H24N2O3/c1-18(2,3)23-16(21)10-9-15-17-13-7-4-5-8-14(13)19-20(17)11-6-12-22-15/h4-5,7-8,15H,6,9-12H2,1-3H3. The van der Waals surface area contributed by atoms with Crippen LogP contribution in [0, 0.1) is 0 Å². The lowest BCUT2D eigenvalue weighted by atomic mass is 10.1. The summed E-state index contributed by atoms with van der Waals surface area (Å²) in [5, 5.41) is 5.78. The van der Waals surface area contributed by atoms with Gasteiger partial charge >= 0.3 is 5.97 Å². The van der Waals surface area contributed by atoms with Crippen molar-refractivity contribution in [3.05, 3.63) is 30.0 Å². The molecule has 5 nitrogen and oxygen atoms in total. The van der Waals surface area contributed by atoms with Crippen molar-refractivity contribution in [2.75, 3.05) is 6.61 Å². The molecule has 23 heavy (non-hydrogen) atoms. The highest BCUT2D eigenvalue weighted by Crippen LogP contribution is 2.32. The van der Waals surface area contributed by atoms with Gasteiger partial charge in [0.05, 0.1) is 11.2 Å². The van der Waals surface area contributed by atoms with E-state index in [4.69, 9.17) is 9.47 Å². The smallest absolute Gasteiger partial charge is 0.306 e. The van der Waals surface area contributed by atoms with E-state index in [1.54, 1.807) is 0 Å². The molecule has 3 rings (SSSR count). The first-order valence-electron chi connectivity index (χ1n) is 8.23. The van der Waals surface area contributed by atoms with Crippen molar-refractivity contribution in [3.8, 4) is 0 Å². The molecule has 0 aliphatic carbocycles. The predicted molar refractivity (Wildman–Crippen MR) is 88.1 cm³/mol. The molecule has 1 unspecified atom stereocenters. The van der Waals surface area contributed by atoms with Crippen LogP contribution in [0.25, 0.3) is 10.9 Å². The lowest BCUT2D eigenvalue weighted by Crippen LogP contribution is -2.24. The van der Waals surface area contributed by atoms with Crippen LogP contribution >= 0.6 is 0 Å². The normalized spacial score (nSPS) is 18.5. The molecule has 0 saturated heterocycles. The van der Waals surface area contributed by atoms with Crippen LogP contribution in [0.1, 0.15) is 51.8 Å². The van der Waals surface area contributed by atoms with E-state index in [9.17, 15) is 4.79 Å². The molecule has 5 heteroatoms. The van der Waals surface area contributed by atoms with Gasteiger partial charge in [0.1, 0.15) is 11.7 Å². The van der Waals surface area contributed by atoms with Crippen molar-refractivity contribution >= 4 is 16.9 Å².